The fourth-order valence-electron chi connectivity index (χ4n) is 1.04. The lowest BCUT2D eigenvalue weighted by Gasteiger charge is -2.22. The Morgan fingerprint density at radius 3 is 2.56 bits per heavy atom. The van der Waals surface area contributed by atoms with Crippen molar-refractivity contribution in [3.05, 3.63) is 0 Å². The molecule has 1 aliphatic rings. The molecule has 1 rings (SSSR count). The first-order valence-corrected chi connectivity index (χ1v) is 3.94. The van der Waals surface area contributed by atoms with E-state index in [1.165, 1.54) is 0 Å². The Morgan fingerprint density at radius 2 is 2.00 bits per heavy atom. The van der Waals surface area contributed by atoms with Crippen molar-refractivity contribution < 1.29 is 9.64 Å². The molecule has 0 aliphatic carbocycles. The van der Waals surface area contributed by atoms with E-state index in [0.717, 1.165) is 38.7 Å². The highest BCUT2D eigenvalue weighted by atomic mass is 35.5. The van der Waals surface area contributed by atoms with Crippen LogP contribution in [0.15, 0.2) is 0 Å². The largest absolute Gasteiger partial charge is 0.370 e. The molecule has 54 valence electrons. The van der Waals surface area contributed by atoms with Gasteiger partial charge in [-0.15, -0.1) is 11.6 Å². The quantitative estimate of drug-likeness (QED) is 0.506. The molecule has 9 heavy (non-hydrogen) atoms. The zero-order valence-electron chi connectivity index (χ0n) is 5.53. The van der Waals surface area contributed by atoms with E-state index in [1.54, 1.807) is 4.90 Å². The van der Waals surface area contributed by atoms with Crippen molar-refractivity contribution in [2.45, 2.75) is 0 Å². The second kappa shape index (κ2) is 4.09. The number of ether oxygens (including phenoxy) is 1. The smallest absolute Gasteiger partial charge is 0.101 e. The van der Waals surface area contributed by atoms with Crippen LogP contribution in [0.3, 0.4) is 0 Å². The van der Waals surface area contributed by atoms with Gasteiger partial charge in [0.1, 0.15) is 13.1 Å². The van der Waals surface area contributed by atoms with Gasteiger partial charge < -0.3 is 9.64 Å². The third-order valence-corrected chi connectivity index (χ3v) is 1.84. The minimum absolute atomic E-state index is 0.773. The Labute approximate surface area is 60.7 Å². The summed E-state index contributed by atoms with van der Waals surface area (Å²) in [6.45, 7) is 5.17. The van der Waals surface area contributed by atoms with Crippen molar-refractivity contribution in [1.29, 1.82) is 0 Å². The summed E-state index contributed by atoms with van der Waals surface area (Å²) in [5, 5.41) is 0. The molecule has 2 nitrogen and oxygen atoms in total. The molecular weight excluding hydrogens is 138 g/mol. The zero-order valence-corrected chi connectivity index (χ0v) is 6.28. The first-order valence-electron chi connectivity index (χ1n) is 3.41. The number of alkyl halides is 1. The molecule has 1 heterocycles. The molecule has 0 amide bonds. The highest BCUT2D eigenvalue weighted by Crippen LogP contribution is 1.75. The van der Waals surface area contributed by atoms with E-state index in [1.807, 2.05) is 0 Å². The minimum Gasteiger partial charge on any atom is -0.370 e. The minimum atomic E-state index is 0.773. The first-order chi connectivity index (χ1) is 4.43. The van der Waals surface area contributed by atoms with E-state index >= 15 is 0 Å². The van der Waals surface area contributed by atoms with Crippen molar-refractivity contribution in [3.63, 3.8) is 0 Å². The van der Waals surface area contributed by atoms with Gasteiger partial charge in [0.25, 0.3) is 0 Å². The van der Waals surface area contributed by atoms with Crippen molar-refractivity contribution in [2.24, 2.45) is 0 Å². The van der Waals surface area contributed by atoms with Crippen LogP contribution < -0.4 is 4.90 Å². The van der Waals surface area contributed by atoms with Gasteiger partial charge in [0.05, 0.1) is 25.6 Å². The topological polar surface area (TPSA) is 13.7 Å². The van der Waals surface area contributed by atoms with Crippen molar-refractivity contribution in [2.75, 3.05) is 38.7 Å². The molecule has 0 atom stereocenters. The second-order valence-electron chi connectivity index (χ2n) is 2.30. The van der Waals surface area contributed by atoms with Gasteiger partial charge >= 0.3 is 0 Å². The van der Waals surface area contributed by atoms with Gasteiger partial charge in [-0.25, -0.2) is 0 Å². The summed E-state index contributed by atoms with van der Waals surface area (Å²) in [4.78, 5) is 1.58. The number of hydrogen-bond acceptors (Lipinski definition) is 1. The maximum absolute atomic E-state index is 5.57. The van der Waals surface area contributed by atoms with Gasteiger partial charge in [-0.2, -0.15) is 0 Å². The number of nitrogens with one attached hydrogen (secondary N) is 1. The average Bonchev–Trinajstić information content (AvgIpc) is 1.91. The number of morpholine rings is 1. The van der Waals surface area contributed by atoms with E-state index in [4.69, 9.17) is 16.3 Å². The molecule has 0 aromatic rings. The summed E-state index contributed by atoms with van der Waals surface area (Å²) in [7, 11) is 0. The first kappa shape index (κ1) is 7.32. The zero-order chi connectivity index (χ0) is 6.53. The fraction of sp³-hybridized carbons (Fsp3) is 1.00. The van der Waals surface area contributed by atoms with Crippen LogP contribution in [0.2, 0.25) is 0 Å². The molecule has 0 bridgehead atoms. The van der Waals surface area contributed by atoms with Gasteiger partial charge in [0, 0.05) is 0 Å². The average molecular weight is 151 g/mol. The van der Waals surface area contributed by atoms with Crippen LogP contribution in [0, 0.1) is 0 Å². The van der Waals surface area contributed by atoms with Crippen LogP contribution in [0.5, 0.6) is 0 Å². The number of quaternary nitrogens is 1. The molecule has 1 fully saturated rings. The van der Waals surface area contributed by atoms with Crippen molar-refractivity contribution in [3.8, 4) is 0 Å². The number of hydrogen-bond donors (Lipinski definition) is 1. The second-order valence-corrected chi connectivity index (χ2v) is 2.68. The lowest BCUT2D eigenvalue weighted by Crippen LogP contribution is -3.14. The lowest BCUT2D eigenvalue weighted by atomic mass is 10.4. The molecule has 0 unspecified atom stereocenters. The predicted molar refractivity (Wildman–Crippen MR) is 37.1 cm³/mol. The maximum Gasteiger partial charge on any atom is 0.101 e. The van der Waals surface area contributed by atoms with E-state index in [0.29, 0.717) is 0 Å². The van der Waals surface area contributed by atoms with E-state index in [9.17, 15) is 0 Å². The van der Waals surface area contributed by atoms with Crippen LogP contribution in [-0.2, 0) is 4.74 Å². The summed E-state index contributed by atoms with van der Waals surface area (Å²) < 4.78 is 5.18. The summed E-state index contributed by atoms with van der Waals surface area (Å²) in [5.74, 6) is 0.773. The Hall–Kier alpha value is 0.210. The summed E-state index contributed by atoms with van der Waals surface area (Å²) in [6, 6.07) is 0. The molecule has 3 heteroatoms. The highest BCUT2D eigenvalue weighted by Gasteiger charge is 2.11. The van der Waals surface area contributed by atoms with Crippen LogP contribution in [-0.4, -0.2) is 38.7 Å². The van der Waals surface area contributed by atoms with Gasteiger partial charge in [0.2, 0.25) is 0 Å². The monoisotopic (exact) mass is 150 g/mol. The predicted octanol–water partition coefficient (Wildman–Crippen LogP) is -0.860. The third kappa shape index (κ3) is 2.52. The molecule has 1 saturated heterocycles. The van der Waals surface area contributed by atoms with E-state index < -0.39 is 0 Å². The van der Waals surface area contributed by atoms with Gasteiger partial charge in [-0.3, -0.25) is 0 Å². The molecular formula is C6H13ClNO+. The van der Waals surface area contributed by atoms with E-state index in [2.05, 4.69) is 0 Å². The maximum atomic E-state index is 5.57. The molecule has 0 aromatic carbocycles. The molecule has 0 radical (unpaired) electrons. The molecule has 0 spiro atoms. The van der Waals surface area contributed by atoms with Crippen LogP contribution in [0.1, 0.15) is 0 Å². The standard InChI is InChI=1S/C6H12ClNO/c7-1-2-8-3-5-9-6-4-8/h1-6H2/p+1. The summed E-state index contributed by atoms with van der Waals surface area (Å²) in [6.07, 6.45) is 0. The molecule has 1 aliphatic heterocycles. The van der Waals surface area contributed by atoms with Crippen molar-refractivity contribution in [1.82, 2.24) is 0 Å². The number of halogens is 1. The fourth-order valence-corrected chi connectivity index (χ4v) is 1.31. The van der Waals surface area contributed by atoms with Crippen LogP contribution in [0.25, 0.3) is 0 Å². The molecule has 0 saturated carbocycles. The van der Waals surface area contributed by atoms with Crippen LogP contribution >= 0.6 is 11.6 Å². The van der Waals surface area contributed by atoms with Gasteiger partial charge in [-0.05, 0) is 0 Å². The molecule has 0 aromatic heterocycles. The van der Waals surface area contributed by atoms with E-state index in [-0.39, 0.29) is 0 Å². The van der Waals surface area contributed by atoms with Crippen LogP contribution in [0.4, 0.5) is 0 Å². The Morgan fingerprint density at radius 1 is 1.33 bits per heavy atom. The Kier molecular flexibility index (Phi) is 3.33. The normalized spacial score (nSPS) is 22.3. The van der Waals surface area contributed by atoms with Gasteiger partial charge in [-0.1, -0.05) is 0 Å². The lowest BCUT2D eigenvalue weighted by molar-refractivity contribution is -0.905. The SMILES string of the molecule is ClCC[NH+]1CCOCC1. The molecule has 1 N–H and O–H groups in total. The Bertz CT molecular complexity index is 70.7. The van der Waals surface area contributed by atoms with Crippen molar-refractivity contribution >= 4 is 11.6 Å². The number of rotatable bonds is 2. The third-order valence-electron chi connectivity index (χ3n) is 1.65. The Balaban J connectivity index is 2.08. The summed E-state index contributed by atoms with van der Waals surface area (Å²) >= 11 is 5.57. The highest BCUT2D eigenvalue weighted by molar-refractivity contribution is 6.17. The van der Waals surface area contributed by atoms with Gasteiger partial charge in [0.15, 0.2) is 0 Å². The summed E-state index contributed by atoms with van der Waals surface area (Å²) in [5.41, 5.74) is 0.